The molecule has 0 radical (unpaired) electrons. The Kier molecular flexibility index (Phi) is 6.49. The summed E-state index contributed by atoms with van der Waals surface area (Å²) in [7, 11) is 0. The molecule has 0 aliphatic carbocycles. The van der Waals surface area contributed by atoms with E-state index in [1.807, 2.05) is 0 Å². The molecule has 0 aromatic heterocycles. The van der Waals surface area contributed by atoms with Crippen molar-refractivity contribution < 1.29 is 14.3 Å². The average Bonchev–Trinajstić information content (AvgIpc) is 3.19. The number of halogens is 2. The minimum Gasteiger partial charge on any atom is -0.478 e. The monoisotopic (exact) mass is 427 g/mol. The van der Waals surface area contributed by atoms with Gasteiger partial charge in [0.05, 0.1) is 27.6 Å². The Morgan fingerprint density at radius 1 is 1.46 bits per heavy atom. The largest absolute Gasteiger partial charge is 0.478 e. The summed E-state index contributed by atoms with van der Waals surface area (Å²) in [6.45, 7) is 1.30. The van der Waals surface area contributed by atoms with Crippen molar-refractivity contribution >= 4 is 63.5 Å². The van der Waals surface area contributed by atoms with E-state index in [4.69, 9.17) is 51.3 Å². The second kappa shape index (κ2) is 8.64. The molecule has 1 atom stereocenters. The summed E-state index contributed by atoms with van der Waals surface area (Å²) in [6.07, 6.45) is 8.91. The van der Waals surface area contributed by atoms with Gasteiger partial charge in [-0.15, -0.1) is 6.42 Å². The van der Waals surface area contributed by atoms with E-state index in [1.54, 1.807) is 23.1 Å². The number of thiocarbonyl (C=S) groups is 1. The van der Waals surface area contributed by atoms with Crippen molar-refractivity contribution in [3.63, 3.8) is 0 Å². The van der Waals surface area contributed by atoms with Crippen molar-refractivity contribution in [3.05, 3.63) is 32.6 Å². The molecule has 4 nitrogen and oxygen atoms in total. The molecular weight excluding hydrogens is 413 g/mol. The first kappa shape index (κ1) is 19.5. The van der Waals surface area contributed by atoms with Gasteiger partial charge in [0.15, 0.2) is 5.75 Å². The number of thioether (sulfide) groups is 1. The van der Waals surface area contributed by atoms with Crippen LogP contribution in [-0.2, 0) is 9.53 Å². The second-order valence-electron chi connectivity index (χ2n) is 5.73. The Balaban J connectivity index is 1.78. The van der Waals surface area contributed by atoms with Crippen LogP contribution in [0, 0.1) is 12.3 Å². The lowest BCUT2D eigenvalue weighted by Gasteiger charge is -2.18. The Hall–Kier alpha value is -1.23. The lowest BCUT2D eigenvalue weighted by molar-refractivity contribution is -0.123. The summed E-state index contributed by atoms with van der Waals surface area (Å²) in [6, 6.07) is 3.35. The van der Waals surface area contributed by atoms with Crippen LogP contribution >= 0.6 is 47.2 Å². The number of hydrogen-bond donors (Lipinski definition) is 0. The molecule has 1 aromatic carbocycles. The number of rotatable bonds is 5. The van der Waals surface area contributed by atoms with E-state index in [1.165, 1.54) is 11.8 Å². The third-order valence-electron chi connectivity index (χ3n) is 3.90. The SMILES string of the molecule is C#CCOc1c(Cl)cc(/C=C2\SC(=S)N(C[C@@H]3CCCO3)C2=O)cc1Cl. The van der Waals surface area contributed by atoms with Gasteiger partial charge in [0.2, 0.25) is 0 Å². The van der Waals surface area contributed by atoms with E-state index in [9.17, 15) is 4.79 Å². The van der Waals surface area contributed by atoms with Crippen LogP contribution in [0.25, 0.3) is 6.08 Å². The van der Waals surface area contributed by atoms with Gasteiger partial charge in [0.1, 0.15) is 10.9 Å². The zero-order valence-electron chi connectivity index (χ0n) is 13.7. The van der Waals surface area contributed by atoms with E-state index in [2.05, 4.69) is 5.92 Å². The van der Waals surface area contributed by atoms with Crippen LogP contribution in [0.4, 0.5) is 0 Å². The molecule has 0 saturated carbocycles. The molecule has 2 heterocycles. The Morgan fingerprint density at radius 2 is 2.19 bits per heavy atom. The number of carbonyl (C=O) groups excluding carboxylic acids is 1. The lowest BCUT2D eigenvalue weighted by Crippen LogP contribution is -2.35. The predicted molar refractivity (Wildman–Crippen MR) is 110 cm³/mol. The van der Waals surface area contributed by atoms with Crippen LogP contribution in [0.2, 0.25) is 10.0 Å². The van der Waals surface area contributed by atoms with Crippen LogP contribution in [0.15, 0.2) is 17.0 Å². The zero-order valence-corrected chi connectivity index (χ0v) is 16.8. The van der Waals surface area contributed by atoms with Gasteiger partial charge in [-0.2, -0.15) is 0 Å². The number of amides is 1. The van der Waals surface area contributed by atoms with E-state index in [-0.39, 0.29) is 18.6 Å². The molecule has 3 rings (SSSR count). The first-order valence-corrected chi connectivity index (χ1v) is 9.90. The number of nitrogens with zero attached hydrogens (tertiary/aromatic N) is 1. The van der Waals surface area contributed by atoms with Crippen molar-refractivity contribution in [1.29, 1.82) is 0 Å². The molecule has 1 amide bonds. The number of terminal acetylenes is 1. The molecule has 2 aliphatic heterocycles. The molecule has 8 heteroatoms. The molecule has 0 spiro atoms. The number of carbonyl (C=O) groups is 1. The molecule has 2 saturated heterocycles. The topological polar surface area (TPSA) is 38.8 Å². The third kappa shape index (κ3) is 4.36. The Bertz CT molecular complexity index is 790. The van der Waals surface area contributed by atoms with Gasteiger partial charge in [0.25, 0.3) is 5.91 Å². The van der Waals surface area contributed by atoms with Gasteiger partial charge in [-0.1, -0.05) is 53.1 Å². The summed E-state index contributed by atoms with van der Waals surface area (Å²) < 4.78 is 11.5. The number of benzene rings is 1. The fourth-order valence-corrected chi connectivity index (χ4v) is 4.60. The highest BCUT2D eigenvalue weighted by Crippen LogP contribution is 2.37. The maximum atomic E-state index is 12.7. The number of hydrogen-bond acceptors (Lipinski definition) is 5. The van der Waals surface area contributed by atoms with Crippen molar-refractivity contribution in [2.75, 3.05) is 19.8 Å². The molecule has 0 unspecified atom stereocenters. The summed E-state index contributed by atoms with van der Waals surface area (Å²) in [5, 5.41) is 0.655. The van der Waals surface area contributed by atoms with Crippen LogP contribution in [0.1, 0.15) is 18.4 Å². The molecule has 2 fully saturated rings. The summed E-state index contributed by atoms with van der Waals surface area (Å²) in [5.41, 5.74) is 0.686. The lowest BCUT2D eigenvalue weighted by atomic mass is 10.2. The fraction of sp³-hybridized carbons (Fsp3) is 0.333. The summed E-state index contributed by atoms with van der Waals surface area (Å²) in [4.78, 5) is 14.8. The molecule has 0 N–H and O–H groups in total. The van der Waals surface area contributed by atoms with Gasteiger partial charge >= 0.3 is 0 Å². The van der Waals surface area contributed by atoms with Crippen molar-refractivity contribution in [1.82, 2.24) is 4.90 Å². The minimum absolute atomic E-state index is 0.0494. The fourth-order valence-electron chi connectivity index (χ4n) is 2.72. The van der Waals surface area contributed by atoms with Gasteiger partial charge in [-0.05, 0) is 36.6 Å². The maximum Gasteiger partial charge on any atom is 0.266 e. The molecule has 1 aromatic rings. The smallest absolute Gasteiger partial charge is 0.266 e. The Labute approximate surface area is 171 Å². The highest BCUT2D eigenvalue weighted by atomic mass is 35.5. The van der Waals surface area contributed by atoms with Crippen molar-refractivity contribution in [2.45, 2.75) is 18.9 Å². The maximum absolute atomic E-state index is 12.7. The van der Waals surface area contributed by atoms with Gasteiger partial charge in [-0.3, -0.25) is 9.69 Å². The predicted octanol–water partition coefficient (Wildman–Crippen LogP) is 4.39. The highest BCUT2D eigenvalue weighted by molar-refractivity contribution is 8.26. The van der Waals surface area contributed by atoms with Crippen molar-refractivity contribution in [2.24, 2.45) is 0 Å². The third-order valence-corrected chi connectivity index (χ3v) is 5.84. The average molecular weight is 428 g/mol. The first-order valence-electron chi connectivity index (χ1n) is 7.92. The molecular formula is C18H15Cl2NO3S2. The second-order valence-corrected chi connectivity index (χ2v) is 8.22. The highest BCUT2D eigenvalue weighted by Gasteiger charge is 2.34. The van der Waals surface area contributed by atoms with Crippen LogP contribution in [0.5, 0.6) is 5.75 Å². The molecule has 26 heavy (non-hydrogen) atoms. The van der Waals surface area contributed by atoms with Crippen LogP contribution < -0.4 is 4.74 Å². The van der Waals surface area contributed by atoms with E-state index in [0.29, 0.717) is 37.1 Å². The standard InChI is InChI=1S/C18H15Cl2NO3S2/c1-2-5-24-16-13(19)7-11(8-14(16)20)9-15-17(22)21(18(25)26-15)10-12-4-3-6-23-12/h1,7-9,12H,3-6,10H2/b15-9-/t12-/m0/s1. The van der Waals surface area contributed by atoms with Crippen LogP contribution in [0.3, 0.4) is 0 Å². The van der Waals surface area contributed by atoms with Gasteiger partial charge in [-0.25, -0.2) is 0 Å². The van der Waals surface area contributed by atoms with E-state index in [0.717, 1.165) is 19.4 Å². The molecule has 2 aliphatic rings. The zero-order chi connectivity index (χ0) is 18.7. The Morgan fingerprint density at radius 3 is 2.81 bits per heavy atom. The van der Waals surface area contributed by atoms with Gasteiger partial charge < -0.3 is 9.47 Å². The quantitative estimate of drug-likeness (QED) is 0.395. The number of ether oxygens (including phenoxy) is 2. The van der Waals surface area contributed by atoms with Gasteiger partial charge in [0, 0.05) is 6.61 Å². The molecule has 0 bridgehead atoms. The van der Waals surface area contributed by atoms with E-state index >= 15 is 0 Å². The van der Waals surface area contributed by atoms with E-state index < -0.39 is 0 Å². The summed E-state index contributed by atoms with van der Waals surface area (Å²) >= 11 is 19.0. The van der Waals surface area contributed by atoms with Crippen LogP contribution in [-0.4, -0.2) is 41.0 Å². The first-order chi connectivity index (χ1) is 12.5. The molecule has 136 valence electrons. The normalized spacial score (nSPS) is 21.5. The van der Waals surface area contributed by atoms with Crippen molar-refractivity contribution in [3.8, 4) is 18.1 Å². The summed E-state index contributed by atoms with van der Waals surface area (Å²) in [5.74, 6) is 2.56. The minimum atomic E-state index is -0.129.